The van der Waals surface area contributed by atoms with Crippen molar-refractivity contribution < 1.29 is 18.7 Å². The molecule has 0 N–H and O–H groups in total. The molecule has 0 bridgehead atoms. The predicted octanol–water partition coefficient (Wildman–Crippen LogP) is 2.72. The second-order valence-corrected chi connectivity index (χ2v) is 4.87. The van der Waals surface area contributed by atoms with E-state index in [1.807, 2.05) is 0 Å². The average molecular weight is 335 g/mol. The third-order valence-corrected chi connectivity index (χ3v) is 2.81. The van der Waals surface area contributed by atoms with Crippen molar-refractivity contribution in [2.45, 2.75) is 6.92 Å². The second kappa shape index (κ2) is 7.38. The zero-order valence-corrected chi connectivity index (χ0v) is 13.1. The zero-order chi connectivity index (χ0) is 16.2. The molecule has 0 saturated carbocycles. The van der Waals surface area contributed by atoms with Crippen molar-refractivity contribution in [2.24, 2.45) is 0 Å². The van der Waals surface area contributed by atoms with Crippen molar-refractivity contribution in [1.29, 1.82) is 0 Å². The number of halogens is 3. The van der Waals surface area contributed by atoms with E-state index >= 15 is 0 Å². The first kappa shape index (κ1) is 17.4. The van der Waals surface area contributed by atoms with Crippen LogP contribution in [0.1, 0.15) is 17.3 Å². The molecule has 0 aliphatic rings. The van der Waals surface area contributed by atoms with Crippen LogP contribution in [0.25, 0.3) is 0 Å². The summed E-state index contributed by atoms with van der Waals surface area (Å²) in [5, 5.41) is -0.744. The van der Waals surface area contributed by atoms with Crippen molar-refractivity contribution in [1.82, 2.24) is 9.88 Å². The molecule has 0 aliphatic carbocycles. The summed E-state index contributed by atoms with van der Waals surface area (Å²) in [6.07, 6.45) is 1.27. The fourth-order valence-electron chi connectivity index (χ4n) is 1.42. The van der Waals surface area contributed by atoms with E-state index in [1.54, 1.807) is 21.0 Å². The summed E-state index contributed by atoms with van der Waals surface area (Å²) in [6.45, 7) is 1.70. The molecule has 1 aromatic heterocycles. The molecule has 5 nitrogen and oxygen atoms in total. The minimum absolute atomic E-state index is 0.0951. The van der Waals surface area contributed by atoms with Crippen molar-refractivity contribution in [3.8, 4) is 0 Å². The molecular weight excluding hydrogens is 322 g/mol. The summed E-state index contributed by atoms with van der Waals surface area (Å²) >= 11 is 11.3. The number of esters is 1. The second-order valence-electron chi connectivity index (χ2n) is 4.16. The summed E-state index contributed by atoms with van der Waals surface area (Å²) in [4.78, 5) is 29.2. The molecular formula is C13H13Cl2FN2O3. The van der Waals surface area contributed by atoms with E-state index in [0.29, 0.717) is 0 Å². The van der Waals surface area contributed by atoms with E-state index in [2.05, 4.69) is 4.98 Å². The highest BCUT2D eigenvalue weighted by molar-refractivity contribution is 6.37. The van der Waals surface area contributed by atoms with E-state index in [-0.39, 0.29) is 22.9 Å². The van der Waals surface area contributed by atoms with Crippen LogP contribution < -0.4 is 0 Å². The molecule has 0 spiro atoms. The fourth-order valence-corrected chi connectivity index (χ4v) is 1.83. The smallest absolute Gasteiger partial charge is 0.343 e. The number of carbonyl (C=O) groups excluding carboxylic acids is 2. The summed E-state index contributed by atoms with van der Waals surface area (Å²) in [6, 6.07) is 0.836. The SMILES string of the molecule is CCOC(=O)/C(=C\N(C)C)C(=O)c1cc(F)c(Cl)nc1Cl. The molecule has 0 atom stereocenters. The Labute approximate surface area is 131 Å². The normalized spacial score (nSPS) is 11.2. The van der Waals surface area contributed by atoms with Gasteiger partial charge in [0, 0.05) is 20.3 Å². The Morgan fingerprint density at radius 2 is 2.00 bits per heavy atom. The van der Waals surface area contributed by atoms with Gasteiger partial charge in [0.2, 0.25) is 5.78 Å². The van der Waals surface area contributed by atoms with Gasteiger partial charge >= 0.3 is 5.97 Å². The molecule has 21 heavy (non-hydrogen) atoms. The molecule has 0 amide bonds. The van der Waals surface area contributed by atoms with E-state index in [1.165, 1.54) is 11.1 Å². The zero-order valence-electron chi connectivity index (χ0n) is 11.6. The van der Waals surface area contributed by atoms with Crippen LogP contribution in [0.5, 0.6) is 0 Å². The number of nitrogens with zero attached hydrogens (tertiary/aromatic N) is 2. The number of aromatic nitrogens is 1. The number of pyridine rings is 1. The number of ketones is 1. The predicted molar refractivity (Wildman–Crippen MR) is 76.9 cm³/mol. The quantitative estimate of drug-likeness (QED) is 0.207. The van der Waals surface area contributed by atoms with Crippen LogP contribution in [-0.2, 0) is 9.53 Å². The Kier molecular flexibility index (Phi) is 6.11. The summed E-state index contributed by atoms with van der Waals surface area (Å²) in [5.74, 6) is -2.53. The highest BCUT2D eigenvalue weighted by Gasteiger charge is 2.25. The van der Waals surface area contributed by atoms with Gasteiger partial charge in [0.15, 0.2) is 11.0 Å². The Balaban J connectivity index is 3.30. The molecule has 0 radical (unpaired) electrons. The Hall–Kier alpha value is -1.66. The van der Waals surface area contributed by atoms with Crippen molar-refractivity contribution >= 4 is 35.0 Å². The first-order valence-corrected chi connectivity index (χ1v) is 6.65. The van der Waals surface area contributed by atoms with Gasteiger partial charge in [-0.05, 0) is 13.0 Å². The lowest BCUT2D eigenvalue weighted by atomic mass is 10.1. The maximum atomic E-state index is 13.4. The third kappa shape index (κ3) is 4.41. The van der Waals surface area contributed by atoms with Crippen LogP contribution in [0.3, 0.4) is 0 Å². The molecule has 1 heterocycles. The van der Waals surface area contributed by atoms with Gasteiger partial charge in [0.05, 0.1) is 12.2 Å². The highest BCUT2D eigenvalue weighted by atomic mass is 35.5. The molecule has 0 aliphatic heterocycles. The van der Waals surface area contributed by atoms with Crippen LogP contribution in [0.2, 0.25) is 10.3 Å². The van der Waals surface area contributed by atoms with Crippen LogP contribution in [-0.4, -0.2) is 42.3 Å². The number of hydrogen-bond acceptors (Lipinski definition) is 5. The lowest BCUT2D eigenvalue weighted by Gasteiger charge is -2.11. The maximum absolute atomic E-state index is 13.4. The van der Waals surface area contributed by atoms with Gasteiger partial charge in [-0.15, -0.1) is 0 Å². The monoisotopic (exact) mass is 334 g/mol. The first-order chi connectivity index (χ1) is 9.77. The fraction of sp³-hybridized carbons (Fsp3) is 0.308. The van der Waals surface area contributed by atoms with Gasteiger partial charge in [-0.25, -0.2) is 14.2 Å². The number of Topliss-reactive ketones (excluding diaryl/α,β-unsaturated/α-hetero) is 1. The standard InChI is InChI=1S/C13H13Cl2FN2O3/c1-4-21-13(20)8(6-18(2)3)10(19)7-5-9(16)12(15)17-11(7)14/h5-6H,4H2,1-3H3/b8-6-. The molecule has 0 aromatic carbocycles. The molecule has 1 rings (SSSR count). The van der Waals surface area contributed by atoms with Gasteiger partial charge in [0.1, 0.15) is 10.7 Å². The van der Waals surface area contributed by atoms with Crippen LogP contribution in [0.4, 0.5) is 4.39 Å². The molecule has 0 saturated heterocycles. The van der Waals surface area contributed by atoms with Crippen LogP contribution in [0, 0.1) is 5.82 Å². The third-order valence-electron chi connectivity index (χ3n) is 2.26. The molecule has 8 heteroatoms. The Morgan fingerprint density at radius 3 is 2.52 bits per heavy atom. The van der Waals surface area contributed by atoms with Crippen LogP contribution in [0.15, 0.2) is 17.8 Å². The largest absolute Gasteiger partial charge is 0.462 e. The first-order valence-electron chi connectivity index (χ1n) is 5.89. The van der Waals surface area contributed by atoms with Crippen molar-refractivity contribution in [3.05, 3.63) is 39.5 Å². The summed E-state index contributed by atoms with van der Waals surface area (Å²) < 4.78 is 18.2. The minimum Gasteiger partial charge on any atom is -0.462 e. The van der Waals surface area contributed by atoms with Crippen LogP contribution >= 0.6 is 23.2 Å². The molecule has 114 valence electrons. The van der Waals surface area contributed by atoms with Gasteiger partial charge < -0.3 is 9.64 Å². The lowest BCUT2D eigenvalue weighted by Crippen LogP contribution is -2.20. The topological polar surface area (TPSA) is 59.5 Å². The molecule has 1 aromatic rings. The van der Waals surface area contributed by atoms with E-state index in [4.69, 9.17) is 27.9 Å². The number of hydrogen-bond donors (Lipinski definition) is 0. The summed E-state index contributed by atoms with van der Waals surface area (Å²) in [7, 11) is 3.24. The van der Waals surface area contributed by atoms with Crippen molar-refractivity contribution in [3.63, 3.8) is 0 Å². The van der Waals surface area contributed by atoms with Gasteiger partial charge in [-0.2, -0.15) is 0 Å². The number of carbonyl (C=O) groups is 2. The lowest BCUT2D eigenvalue weighted by molar-refractivity contribution is -0.138. The minimum atomic E-state index is -0.905. The Morgan fingerprint density at radius 1 is 1.38 bits per heavy atom. The van der Waals surface area contributed by atoms with Gasteiger partial charge in [-0.1, -0.05) is 23.2 Å². The van der Waals surface area contributed by atoms with E-state index in [0.717, 1.165) is 6.07 Å². The highest BCUT2D eigenvalue weighted by Crippen LogP contribution is 2.23. The van der Waals surface area contributed by atoms with Gasteiger partial charge in [-0.3, -0.25) is 4.79 Å². The summed E-state index contributed by atoms with van der Waals surface area (Å²) in [5.41, 5.74) is -0.549. The Bertz CT molecular complexity index is 603. The van der Waals surface area contributed by atoms with Crippen molar-refractivity contribution in [2.75, 3.05) is 20.7 Å². The van der Waals surface area contributed by atoms with Gasteiger partial charge in [0.25, 0.3) is 0 Å². The average Bonchev–Trinajstić information content (AvgIpc) is 2.39. The molecule has 0 fully saturated rings. The number of rotatable bonds is 5. The molecule has 0 unspecified atom stereocenters. The van der Waals surface area contributed by atoms with E-state index < -0.39 is 22.7 Å². The number of ether oxygens (including phenoxy) is 1. The van der Waals surface area contributed by atoms with E-state index in [9.17, 15) is 14.0 Å². The maximum Gasteiger partial charge on any atom is 0.343 e.